The van der Waals surface area contributed by atoms with Crippen LogP contribution in [0, 0.1) is 0 Å². The van der Waals surface area contributed by atoms with Gasteiger partial charge in [-0.05, 0) is 17.7 Å². The molecule has 0 unspecified atom stereocenters. The molecule has 17 heavy (non-hydrogen) atoms. The lowest BCUT2D eigenvalue weighted by Gasteiger charge is -2.11. The normalized spacial score (nSPS) is 9.29. The first kappa shape index (κ1) is 12.9. The maximum atomic E-state index is 11.3. The summed E-state index contributed by atoms with van der Waals surface area (Å²) in [5.74, 6) is 0.513. The van der Waals surface area contributed by atoms with Gasteiger partial charge in [0, 0.05) is 14.1 Å². The highest BCUT2D eigenvalue weighted by molar-refractivity contribution is 5.77. The first-order valence-corrected chi connectivity index (χ1v) is 5.09. The molecule has 0 fully saturated rings. The van der Waals surface area contributed by atoms with Crippen LogP contribution in [0.1, 0.15) is 5.56 Å². The SMILES string of the molecule is CN(C)C(=O)COc1ccc(CN=C=O)cc1. The lowest BCUT2D eigenvalue weighted by molar-refractivity contribution is -0.130. The topological polar surface area (TPSA) is 59.0 Å². The van der Waals surface area contributed by atoms with Crippen LogP contribution in [-0.2, 0) is 16.1 Å². The third-order valence-corrected chi connectivity index (χ3v) is 2.11. The van der Waals surface area contributed by atoms with Crippen LogP contribution in [0.25, 0.3) is 0 Å². The van der Waals surface area contributed by atoms with E-state index in [-0.39, 0.29) is 12.5 Å². The Morgan fingerprint density at radius 2 is 2.00 bits per heavy atom. The fourth-order valence-corrected chi connectivity index (χ4v) is 1.09. The van der Waals surface area contributed by atoms with Gasteiger partial charge in [-0.1, -0.05) is 12.1 Å². The third-order valence-electron chi connectivity index (χ3n) is 2.11. The number of rotatable bonds is 5. The molecule has 5 heteroatoms. The standard InChI is InChI=1S/C12H14N2O3/c1-14(2)12(16)8-17-11-5-3-10(4-6-11)7-13-9-15/h3-6H,7-8H2,1-2H3. The van der Waals surface area contributed by atoms with Gasteiger partial charge in [0.2, 0.25) is 6.08 Å². The van der Waals surface area contributed by atoms with Crippen LogP contribution < -0.4 is 4.74 Å². The molecule has 90 valence electrons. The van der Waals surface area contributed by atoms with Crippen LogP contribution in [0.5, 0.6) is 5.75 Å². The number of hydrogen-bond donors (Lipinski definition) is 0. The number of isocyanates is 1. The summed E-state index contributed by atoms with van der Waals surface area (Å²) in [6, 6.07) is 7.05. The van der Waals surface area contributed by atoms with Crippen molar-refractivity contribution in [3.8, 4) is 5.75 Å². The fraction of sp³-hybridized carbons (Fsp3) is 0.333. The monoisotopic (exact) mass is 234 g/mol. The number of amides is 1. The molecule has 1 aromatic rings. The molecule has 0 aliphatic rings. The minimum atomic E-state index is -0.0976. The number of carbonyl (C=O) groups is 1. The Morgan fingerprint density at radius 1 is 1.35 bits per heavy atom. The van der Waals surface area contributed by atoms with Gasteiger partial charge < -0.3 is 9.64 Å². The lowest BCUT2D eigenvalue weighted by atomic mass is 10.2. The first-order valence-electron chi connectivity index (χ1n) is 5.09. The van der Waals surface area contributed by atoms with E-state index < -0.39 is 0 Å². The highest BCUT2D eigenvalue weighted by Crippen LogP contribution is 2.12. The van der Waals surface area contributed by atoms with Crippen LogP contribution >= 0.6 is 0 Å². The molecule has 0 N–H and O–H groups in total. The number of nitrogens with zero attached hydrogens (tertiary/aromatic N) is 2. The van der Waals surface area contributed by atoms with Gasteiger partial charge in [-0.15, -0.1) is 0 Å². The molecule has 0 spiro atoms. The number of aliphatic imine (C=N–C) groups is 1. The Labute approximate surface area is 99.7 Å². The van der Waals surface area contributed by atoms with E-state index in [1.165, 1.54) is 11.0 Å². The molecule has 0 aromatic heterocycles. The molecule has 0 heterocycles. The van der Waals surface area contributed by atoms with Gasteiger partial charge in [0.15, 0.2) is 6.61 Å². The Kier molecular flexibility index (Phi) is 4.91. The molecule has 0 aliphatic carbocycles. The minimum Gasteiger partial charge on any atom is -0.484 e. The predicted molar refractivity (Wildman–Crippen MR) is 62.5 cm³/mol. The number of benzene rings is 1. The van der Waals surface area contributed by atoms with Crippen LogP contribution in [0.3, 0.4) is 0 Å². The van der Waals surface area contributed by atoms with Crippen LogP contribution in [-0.4, -0.2) is 37.6 Å². The summed E-state index contributed by atoms with van der Waals surface area (Å²) in [5.41, 5.74) is 0.889. The molecule has 1 amide bonds. The summed E-state index contributed by atoms with van der Waals surface area (Å²) in [6.45, 7) is 0.319. The van der Waals surface area contributed by atoms with E-state index in [0.29, 0.717) is 12.3 Å². The lowest BCUT2D eigenvalue weighted by Crippen LogP contribution is -2.27. The fourth-order valence-electron chi connectivity index (χ4n) is 1.09. The van der Waals surface area contributed by atoms with Crippen molar-refractivity contribution in [1.82, 2.24) is 4.90 Å². The van der Waals surface area contributed by atoms with Crippen molar-refractivity contribution in [1.29, 1.82) is 0 Å². The van der Waals surface area contributed by atoms with Crippen molar-refractivity contribution < 1.29 is 14.3 Å². The Morgan fingerprint density at radius 3 is 2.53 bits per heavy atom. The van der Waals surface area contributed by atoms with Crippen molar-refractivity contribution >= 4 is 12.0 Å². The Bertz CT molecular complexity index is 420. The number of hydrogen-bond acceptors (Lipinski definition) is 4. The Balaban J connectivity index is 2.50. The van der Waals surface area contributed by atoms with Crippen molar-refractivity contribution in [2.75, 3.05) is 20.7 Å². The average molecular weight is 234 g/mol. The molecular weight excluding hydrogens is 220 g/mol. The van der Waals surface area contributed by atoms with Crippen molar-refractivity contribution in [3.05, 3.63) is 29.8 Å². The highest BCUT2D eigenvalue weighted by atomic mass is 16.5. The predicted octanol–water partition coefficient (Wildman–Crippen LogP) is 0.989. The summed E-state index contributed by atoms with van der Waals surface area (Å²) >= 11 is 0. The van der Waals surface area contributed by atoms with Crippen molar-refractivity contribution in [3.63, 3.8) is 0 Å². The average Bonchev–Trinajstić information content (AvgIpc) is 2.34. The van der Waals surface area contributed by atoms with E-state index in [0.717, 1.165) is 5.56 Å². The second-order valence-electron chi connectivity index (χ2n) is 3.63. The number of ether oxygens (including phenoxy) is 1. The number of carbonyl (C=O) groups excluding carboxylic acids is 2. The molecule has 0 bridgehead atoms. The molecule has 0 aliphatic heterocycles. The van der Waals surface area contributed by atoms with Crippen LogP contribution in [0.4, 0.5) is 0 Å². The van der Waals surface area contributed by atoms with Gasteiger partial charge >= 0.3 is 0 Å². The largest absolute Gasteiger partial charge is 0.484 e. The van der Waals surface area contributed by atoms with Gasteiger partial charge in [-0.3, -0.25) is 4.79 Å². The number of likely N-dealkylation sites (N-methyl/N-ethyl adjacent to an activating group) is 1. The zero-order chi connectivity index (χ0) is 12.7. The molecule has 0 atom stereocenters. The maximum Gasteiger partial charge on any atom is 0.259 e. The van der Waals surface area contributed by atoms with E-state index >= 15 is 0 Å². The van der Waals surface area contributed by atoms with Crippen LogP contribution in [0.2, 0.25) is 0 Å². The molecule has 1 rings (SSSR count). The van der Waals surface area contributed by atoms with E-state index in [1.54, 1.807) is 38.4 Å². The zero-order valence-electron chi connectivity index (χ0n) is 9.84. The van der Waals surface area contributed by atoms with E-state index in [1.807, 2.05) is 0 Å². The molecule has 0 saturated heterocycles. The van der Waals surface area contributed by atoms with Gasteiger partial charge in [0.05, 0.1) is 6.54 Å². The zero-order valence-corrected chi connectivity index (χ0v) is 9.84. The molecular formula is C12H14N2O3. The van der Waals surface area contributed by atoms with E-state index in [4.69, 9.17) is 4.74 Å². The second kappa shape index (κ2) is 6.45. The van der Waals surface area contributed by atoms with Gasteiger partial charge in [-0.2, -0.15) is 0 Å². The molecule has 5 nitrogen and oxygen atoms in total. The summed E-state index contributed by atoms with van der Waals surface area (Å²) in [6.07, 6.45) is 1.48. The van der Waals surface area contributed by atoms with E-state index in [2.05, 4.69) is 4.99 Å². The molecule has 0 saturated carbocycles. The quantitative estimate of drug-likeness (QED) is 0.564. The summed E-state index contributed by atoms with van der Waals surface area (Å²) < 4.78 is 5.29. The maximum absolute atomic E-state index is 11.3. The highest BCUT2D eigenvalue weighted by Gasteiger charge is 2.04. The molecule has 0 radical (unpaired) electrons. The summed E-state index contributed by atoms with van der Waals surface area (Å²) in [5, 5.41) is 0. The summed E-state index contributed by atoms with van der Waals surface area (Å²) in [4.78, 5) is 26.1. The minimum absolute atomic E-state index is 0.0127. The summed E-state index contributed by atoms with van der Waals surface area (Å²) in [7, 11) is 3.35. The first-order chi connectivity index (χ1) is 8.13. The van der Waals surface area contributed by atoms with Gasteiger partial charge in [0.1, 0.15) is 5.75 Å². The van der Waals surface area contributed by atoms with Crippen molar-refractivity contribution in [2.45, 2.75) is 6.54 Å². The van der Waals surface area contributed by atoms with Crippen molar-refractivity contribution in [2.24, 2.45) is 4.99 Å². The van der Waals surface area contributed by atoms with E-state index in [9.17, 15) is 9.59 Å². The van der Waals surface area contributed by atoms with Gasteiger partial charge in [-0.25, -0.2) is 9.79 Å². The molecule has 1 aromatic carbocycles. The second-order valence-corrected chi connectivity index (χ2v) is 3.63. The van der Waals surface area contributed by atoms with Crippen LogP contribution in [0.15, 0.2) is 29.3 Å². The smallest absolute Gasteiger partial charge is 0.259 e. The third kappa shape index (κ3) is 4.49. The Hall–Kier alpha value is -2.13. The van der Waals surface area contributed by atoms with Gasteiger partial charge in [0.25, 0.3) is 5.91 Å².